The van der Waals surface area contributed by atoms with E-state index in [1.54, 1.807) is 11.3 Å². The van der Waals surface area contributed by atoms with Crippen LogP contribution in [-0.4, -0.2) is 13.1 Å². The zero-order chi connectivity index (χ0) is 8.55. The van der Waals surface area contributed by atoms with Crippen LogP contribution in [0.15, 0.2) is 9.17 Å². The van der Waals surface area contributed by atoms with Gasteiger partial charge < -0.3 is 11.1 Å². The summed E-state index contributed by atoms with van der Waals surface area (Å²) in [7, 11) is 0. The maximum atomic E-state index is 5.92. The lowest BCUT2D eigenvalue weighted by Crippen LogP contribution is -2.08. The fourth-order valence-electron chi connectivity index (χ4n) is 1.59. The second-order valence-electron chi connectivity index (χ2n) is 3.07. The third kappa shape index (κ3) is 1.39. The van der Waals surface area contributed by atoms with Crippen LogP contribution in [0.5, 0.6) is 0 Å². The van der Waals surface area contributed by atoms with E-state index in [0.717, 1.165) is 22.6 Å². The first-order valence-electron chi connectivity index (χ1n) is 4.02. The van der Waals surface area contributed by atoms with Gasteiger partial charge in [-0.2, -0.15) is 0 Å². The van der Waals surface area contributed by atoms with Gasteiger partial charge in [0.25, 0.3) is 0 Å². The number of rotatable bonds is 1. The molecule has 1 aliphatic heterocycles. The zero-order valence-corrected chi connectivity index (χ0v) is 9.04. The van der Waals surface area contributed by atoms with Crippen molar-refractivity contribution in [3.63, 3.8) is 0 Å². The van der Waals surface area contributed by atoms with E-state index in [1.165, 1.54) is 12.0 Å². The van der Waals surface area contributed by atoms with Crippen LogP contribution in [-0.2, 0) is 0 Å². The molecule has 1 saturated heterocycles. The van der Waals surface area contributed by atoms with Crippen LogP contribution >= 0.6 is 27.3 Å². The largest absolute Gasteiger partial charge is 0.397 e. The van der Waals surface area contributed by atoms with Crippen molar-refractivity contribution in [2.45, 2.75) is 12.3 Å². The Kier molecular flexibility index (Phi) is 2.39. The molecule has 0 saturated carbocycles. The summed E-state index contributed by atoms with van der Waals surface area (Å²) >= 11 is 5.12. The minimum Gasteiger partial charge on any atom is -0.397 e. The van der Waals surface area contributed by atoms with Gasteiger partial charge in [-0.05, 0) is 39.8 Å². The van der Waals surface area contributed by atoms with Gasteiger partial charge in [0.1, 0.15) is 0 Å². The standard InChI is InChI=1S/C8H11BrN2S/c9-8-7(10)6(4-12-8)5-1-2-11-3-5/h4-5,11H,1-3,10H2. The average molecular weight is 247 g/mol. The van der Waals surface area contributed by atoms with Crippen molar-refractivity contribution in [1.29, 1.82) is 0 Å². The summed E-state index contributed by atoms with van der Waals surface area (Å²) in [4.78, 5) is 0. The van der Waals surface area contributed by atoms with Gasteiger partial charge in [0.2, 0.25) is 0 Å². The molecule has 4 heteroatoms. The lowest BCUT2D eigenvalue weighted by Gasteiger charge is -2.06. The molecule has 1 aromatic rings. The van der Waals surface area contributed by atoms with Crippen molar-refractivity contribution in [1.82, 2.24) is 5.32 Å². The van der Waals surface area contributed by atoms with Gasteiger partial charge in [0.15, 0.2) is 0 Å². The Morgan fingerprint density at radius 3 is 3.00 bits per heavy atom. The lowest BCUT2D eigenvalue weighted by molar-refractivity contribution is 0.769. The van der Waals surface area contributed by atoms with E-state index in [-0.39, 0.29) is 0 Å². The molecule has 2 heterocycles. The molecule has 66 valence electrons. The highest BCUT2D eigenvalue weighted by atomic mass is 79.9. The Balaban J connectivity index is 2.26. The topological polar surface area (TPSA) is 38.0 Å². The number of anilines is 1. The summed E-state index contributed by atoms with van der Waals surface area (Å²) in [5.41, 5.74) is 8.17. The molecule has 1 fully saturated rings. The first kappa shape index (κ1) is 8.53. The Morgan fingerprint density at radius 2 is 2.50 bits per heavy atom. The van der Waals surface area contributed by atoms with Gasteiger partial charge in [-0.3, -0.25) is 0 Å². The predicted molar refractivity (Wildman–Crippen MR) is 56.7 cm³/mol. The van der Waals surface area contributed by atoms with Crippen molar-refractivity contribution in [3.05, 3.63) is 14.7 Å². The SMILES string of the molecule is Nc1c(C2CCNC2)csc1Br. The third-order valence-corrected chi connectivity index (χ3v) is 4.10. The predicted octanol–water partition coefficient (Wildman–Crippen LogP) is 2.17. The van der Waals surface area contributed by atoms with Gasteiger partial charge >= 0.3 is 0 Å². The lowest BCUT2D eigenvalue weighted by atomic mass is 10.0. The quantitative estimate of drug-likeness (QED) is 0.798. The summed E-state index contributed by atoms with van der Waals surface area (Å²) in [6, 6.07) is 0. The van der Waals surface area contributed by atoms with Gasteiger partial charge in [0.05, 0.1) is 9.47 Å². The second kappa shape index (κ2) is 3.36. The van der Waals surface area contributed by atoms with Gasteiger partial charge in [-0.15, -0.1) is 11.3 Å². The van der Waals surface area contributed by atoms with Gasteiger partial charge in [-0.25, -0.2) is 0 Å². The Hall–Kier alpha value is -0.0600. The van der Waals surface area contributed by atoms with E-state index in [2.05, 4.69) is 26.6 Å². The molecule has 0 radical (unpaired) electrons. The second-order valence-corrected chi connectivity index (χ2v) is 5.27. The number of nitrogen functional groups attached to an aromatic ring is 1. The van der Waals surface area contributed by atoms with Gasteiger partial charge in [-0.1, -0.05) is 0 Å². The fraction of sp³-hybridized carbons (Fsp3) is 0.500. The Bertz CT molecular complexity index is 279. The molecule has 2 nitrogen and oxygen atoms in total. The van der Waals surface area contributed by atoms with Crippen LogP contribution in [0.3, 0.4) is 0 Å². The van der Waals surface area contributed by atoms with E-state index in [1.807, 2.05) is 0 Å². The molecule has 0 bridgehead atoms. The normalized spacial score (nSPS) is 23.2. The van der Waals surface area contributed by atoms with Crippen molar-refractivity contribution >= 4 is 33.0 Å². The summed E-state index contributed by atoms with van der Waals surface area (Å²) < 4.78 is 1.07. The molecule has 1 aromatic heterocycles. The first-order valence-corrected chi connectivity index (χ1v) is 5.69. The highest BCUT2D eigenvalue weighted by Crippen LogP contribution is 2.37. The Labute approximate surface area is 84.3 Å². The minimum absolute atomic E-state index is 0.632. The molecule has 0 aromatic carbocycles. The van der Waals surface area contributed by atoms with Crippen LogP contribution in [0.2, 0.25) is 0 Å². The molecule has 2 rings (SSSR count). The molecular formula is C8H11BrN2S. The van der Waals surface area contributed by atoms with Crippen LogP contribution in [0.1, 0.15) is 17.9 Å². The average Bonchev–Trinajstić information content (AvgIpc) is 2.64. The number of halogens is 1. The monoisotopic (exact) mass is 246 g/mol. The molecule has 0 spiro atoms. The number of hydrogen-bond donors (Lipinski definition) is 2. The number of nitrogens with two attached hydrogens (primary N) is 1. The van der Waals surface area contributed by atoms with E-state index < -0.39 is 0 Å². The van der Waals surface area contributed by atoms with Crippen molar-refractivity contribution in [2.24, 2.45) is 0 Å². The smallest absolute Gasteiger partial charge is 0.0930 e. The molecule has 1 atom stereocenters. The van der Waals surface area contributed by atoms with Crippen molar-refractivity contribution in [3.8, 4) is 0 Å². The molecule has 1 unspecified atom stereocenters. The van der Waals surface area contributed by atoms with Crippen molar-refractivity contribution < 1.29 is 0 Å². The van der Waals surface area contributed by atoms with Crippen LogP contribution < -0.4 is 11.1 Å². The number of hydrogen-bond acceptors (Lipinski definition) is 3. The van der Waals surface area contributed by atoms with Crippen molar-refractivity contribution in [2.75, 3.05) is 18.8 Å². The first-order chi connectivity index (χ1) is 5.79. The maximum Gasteiger partial charge on any atom is 0.0930 e. The fourth-order valence-corrected chi connectivity index (χ4v) is 2.90. The summed E-state index contributed by atoms with van der Waals surface area (Å²) in [6.07, 6.45) is 1.22. The highest BCUT2D eigenvalue weighted by Gasteiger charge is 2.20. The van der Waals surface area contributed by atoms with Crippen LogP contribution in [0.4, 0.5) is 5.69 Å². The summed E-state index contributed by atoms with van der Waals surface area (Å²) in [6.45, 7) is 2.20. The van der Waals surface area contributed by atoms with Crippen LogP contribution in [0.25, 0.3) is 0 Å². The highest BCUT2D eigenvalue weighted by molar-refractivity contribution is 9.11. The maximum absolute atomic E-state index is 5.92. The van der Waals surface area contributed by atoms with E-state index in [9.17, 15) is 0 Å². The zero-order valence-electron chi connectivity index (χ0n) is 6.64. The van der Waals surface area contributed by atoms with E-state index in [0.29, 0.717) is 5.92 Å². The molecule has 3 N–H and O–H groups in total. The molecule has 0 amide bonds. The molecule has 0 aliphatic carbocycles. The number of thiophene rings is 1. The summed E-state index contributed by atoms with van der Waals surface area (Å²) in [5.74, 6) is 0.632. The number of nitrogens with one attached hydrogen (secondary N) is 1. The molecular weight excluding hydrogens is 236 g/mol. The summed E-state index contributed by atoms with van der Waals surface area (Å²) in [5, 5.41) is 5.50. The van der Waals surface area contributed by atoms with Crippen LogP contribution in [0, 0.1) is 0 Å². The third-order valence-electron chi connectivity index (χ3n) is 2.31. The van der Waals surface area contributed by atoms with E-state index >= 15 is 0 Å². The van der Waals surface area contributed by atoms with E-state index in [4.69, 9.17) is 5.73 Å². The van der Waals surface area contributed by atoms with Gasteiger partial charge in [0, 0.05) is 12.5 Å². The Morgan fingerprint density at radius 1 is 1.67 bits per heavy atom. The molecule has 1 aliphatic rings. The molecule has 12 heavy (non-hydrogen) atoms. The minimum atomic E-state index is 0.632.